The van der Waals surface area contributed by atoms with Crippen molar-refractivity contribution in [3.05, 3.63) is 53.3 Å². The molecule has 6 heteroatoms. The minimum absolute atomic E-state index is 0.0856. The summed E-state index contributed by atoms with van der Waals surface area (Å²) in [5, 5.41) is 3.16. The zero-order chi connectivity index (χ0) is 18.8. The number of carbonyl (C=O) groups excluding carboxylic acids is 1. The molecule has 0 radical (unpaired) electrons. The van der Waals surface area contributed by atoms with Gasteiger partial charge < -0.3 is 19.8 Å². The van der Waals surface area contributed by atoms with Gasteiger partial charge in [-0.25, -0.2) is 4.98 Å². The Balaban J connectivity index is 1.57. The third kappa shape index (κ3) is 3.60. The predicted molar refractivity (Wildman–Crippen MR) is 103 cm³/mol. The number of benzene rings is 2. The first-order valence-corrected chi connectivity index (χ1v) is 9.31. The lowest BCUT2D eigenvalue weighted by molar-refractivity contribution is 0.0934. The Kier molecular flexibility index (Phi) is 4.71. The molecule has 1 aromatic heterocycles. The normalized spacial score (nSPS) is 14.1. The summed E-state index contributed by atoms with van der Waals surface area (Å²) < 4.78 is 11.3. The lowest BCUT2D eigenvalue weighted by Gasteiger charge is -2.23. The van der Waals surface area contributed by atoms with Gasteiger partial charge in [0.15, 0.2) is 11.5 Å². The van der Waals surface area contributed by atoms with Crippen LogP contribution in [0.25, 0.3) is 11.0 Å². The monoisotopic (exact) mass is 365 g/mol. The number of H-pyrrole nitrogens is 1. The molecule has 0 saturated heterocycles. The number of hydrogen-bond acceptors (Lipinski definition) is 4. The lowest BCUT2D eigenvalue weighted by atomic mass is 10.0. The van der Waals surface area contributed by atoms with Crippen molar-refractivity contribution in [3.8, 4) is 11.5 Å². The van der Waals surface area contributed by atoms with Crippen LogP contribution in [0.3, 0.4) is 0 Å². The molecular weight excluding hydrogens is 342 g/mol. The number of amides is 1. The maximum Gasteiger partial charge on any atom is 0.251 e. The number of ether oxygens (including phenoxy) is 2. The van der Waals surface area contributed by atoms with E-state index >= 15 is 0 Å². The molecule has 2 N–H and O–H groups in total. The molecule has 0 fully saturated rings. The lowest BCUT2D eigenvalue weighted by Crippen LogP contribution is -2.28. The summed E-state index contributed by atoms with van der Waals surface area (Å²) in [4.78, 5) is 20.4. The first-order chi connectivity index (χ1) is 13.1. The third-order valence-electron chi connectivity index (χ3n) is 4.71. The molecule has 1 amide bonds. The van der Waals surface area contributed by atoms with Crippen molar-refractivity contribution in [1.29, 1.82) is 0 Å². The Morgan fingerprint density at radius 2 is 2.00 bits per heavy atom. The minimum atomic E-state index is -0.0995. The van der Waals surface area contributed by atoms with Gasteiger partial charge in [0, 0.05) is 5.56 Å². The van der Waals surface area contributed by atoms with Crippen molar-refractivity contribution in [3.63, 3.8) is 0 Å². The van der Waals surface area contributed by atoms with Crippen molar-refractivity contribution in [1.82, 2.24) is 15.3 Å². The highest BCUT2D eigenvalue weighted by Gasteiger charge is 2.19. The van der Waals surface area contributed by atoms with Crippen molar-refractivity contribution in [2.45, 2.75) is 32.7 Å². The number of fused-ring (bicyclic) bond motifs is 2. The fourth-order valence-electron chi connectivity index (χ4n) is 3.41. The number of nitrogens with zero attached hydrogens (tertiary/aromatic N) is 1. The van der Waals surface area contributed by atoms with Crippen LogP contribution < -0.4 is 14.8 Å². The van der Waals surface area contributed by atoms with Crippen LogP contribution in [0.1, 0.15) is 47.6 Å². The summed E-state index contributed by atoms with van der Waals surface area (Å²) in [5.74, 6) is 2.23. The van der Waals surface area contributed by atoms with Gasteiger partial charge in [-0.1, -0.05) is 19.4 Å². The molecule has 27 heavy (non-hydrogen) atoms. The molecule has 1 atom stereocenters. The molecule has 140 valence electrons. The van der Waals surface area contributed by atoms with E-state index in [4.69, 9.17) is 9.47 Å². The van der Waals surface area contributed by atoms with Gasteiger partial charge in [0.2, 0.25) is 0 Å². The number of carbonyl (C=O) groups is 1. The average Bonchev–Trinajstić information content (AvgIpc) is 3.06. The summed E-state index contributed by atoms with van der Waals surface area (Å²) in [6, 6.07) is 11.3. The van der Waals surface area contributed by atoms with E-state index in [2.05, 4.69) is 22.2 Å². The topological polar surface area (TPSA) is 76.2 Å². The molecule has 2 aromatic carbocycles. The Morgan fingerprint density at radius 1 is 1.19 bits per heavy atom. The van der Waals surface area contributed by atoms with Gasteiger partial charge in [-0.05, 0) is 49.2 Å². The smallest absolute Gasteiger partial charge is 0.251 e. The fraction of sp³-hybridized carbons (Fsp3) is 0.333. The quantitative estimate of drug-likeness (QED) is 0.719. The fourth-order valence-corrected chi connectivity index (χ4v) is 3.41. The number of rotatable bonds is 5. The first-order valence-electron chi connectivity index (χ1n) is 9.31. The van der Waals surface area contributed by atoms with Crippen LogP contribution in [0, 0.1) is 6.92 Å². The second-order valence-corrected chi connectivity index (χ2v) is 6.77. The van der Waals surface area contributed by atoms with Gasteiger partial charge in [0.25, 0.3) is 5.91 Å². The Bertz CT molecular complexity index is 980. The maximum absolute atomic E-state index is 12.8. The zero-order valence-corrected chi connectivity index (χ0v) is 15.5. The summed E-state index contributed by atoms with van der Waals surface area (Å²) in [5.41, 5.74) is 3.37. The molecule has 1 unspecified atom stereocenters. The number of aromatic nitrogens is 2. The SMILES string of the molecule is CCCC(NC(=O)c1ccc2nc(C)[nH]c2c1)c1ccc2c(c1)OCCO2. The molecule has 0 spiro atoms. The standard InChI is InChI=1S/C21H23N3O3/c1-3-4-16(14-6-8-19-20(12-14)27-10-9-26-19)24-21(25)15-5-7-17-18(11-15)23-13(2)22-17/h5-8,11-12,16H,3-4,9-10H2,1-2H3,(H,22,23)(H,24,25). The van der Waals surface area contributed by atoms with Crippen molar-refractivity contribution in [2.24, 2.45) is 0 Å². The van der Waals surface area contributed by atoms with E-state index in [0.717, 1.165) is 46.8 Å². The van der Waals surface area contributed by atoms with E-state index in [1.165, 1.54) is 0 Å². The van der Waals surface area contributed by atoms with Crippen molar-refractivity contribution >= 4 is 16.9 Å². The predicted octanol–water partition coefficient (Wildman–Crippen LogP) is 3.91. The van der Waals surface area contributed by atoms with Crippen molar-refractivity contribution < 1.29 is 14.3 Å². The minimum Gasteiger partial charge on any atom is -0.486 e. The van der Waals surface area contributed by atoms with Gasteiger partial charge in [-0.3, -0.25) is 4.79 Å². The number of aromatic amines is 1. The van der Waals surface area contributed by atoms with Gasteiger partial charge in [0.05, 0.1) is 17.1 Å². The summed E-state index contributed by atoms with van der Waals surface area (Å²) >= 11 is 0. The molecule has 0 bridgehead atoms. The Morgan fingerprint density at radius 3 is 2.81 bits per heavy atom. The highest BCUT2D eigenvalue weighted by atomic mass is 16.6. The van der Waals surface area contributed by atoms with Gasteiger partial charge >= 0.3 is 0 Å². The number of nitrogens with one attached hydrogen (secondary N) is 2. The summed E-state index contributed by atoms with van der Waals surface area (Å²) in [6.45, 7) is 5.12. The first kappa shape index (κ1) is 17.4. The third-order valence-corrected chi connectivity index (χ3v) is 4.71. The van der Waals surface area contributed by atoms with Crippen LogP contribution in [0.2, 0.25) is 0 Å². The van der Waals surface area contributed by atoms with Gasteiger partial charge in [0.1, 0.15) is 19.0 Å². The van der Waals surface area contributed by atoms with Crippen LogP contribution in [-0.4, -0.2) is 29.1 Å². The second-order valence-electron chi connectivity index (χ2n) is 6.77. The molecule has 0 aliphatic carbocycles. The molecule has 0 saturated carbocycles. The van der Waals surface area contributed by atoms with Crippen LogP contribution in [0.15, 0.2) is 36.4 Å². The van der Waals surface area contributed by atoms with Crippen LogP contribution in [0.4, 0.5) is 0 Å². The molecule has 6 nitrogen and oxygen atoms in total. The summed E-state index contributed by atoms with van der Waals surface area (Å²) in [7, 11) is 0. The average molecular weight is 365 g/mol. The Hall–Kier alpha value is -3.02. The van der Waals surface area contributed by atoms with E-state index in [1.54, 1.807) is 0 Å². The molecule has 2 heterocycles. The number of aryl methyl sites for hydroxylation is 1. The summed E-state index contributed by atoms with van der Waals surface area (Å²) in [6.07, 6.45) is 1.80. The molecule has 1 aliphatic rings. The van der Waals surface area contributed by atoms with E-state index in [-0.39, 0.29) is 11.9 Å². The molecule has 3 aromatic rings. The molecule has 1 aliphatic heterocycles. The van der Waals surface area contributed by atoms with E-state index in [9.17, 15) is 4.79 Å². The van der Waals surface area contributed by atoms with Crippen molar-refractivity contribution in [2.75, 3.05) is 13.2 Å². The van der Waals surface area contributed by atoms with Gasteiger partial charge in [-0.2, -0.15) is 0 Å². The van der Waals surface area contributed by atoms with E-state index in [1.807, 2.05) is 43.3 Å². The van der Waals surface area contributed by atoms with E-state index < -0.39 is 0 Å². The molecular formula is C21H23N3O3. The van der Waals surface area contributed by atoms with Crippen LogP contribution in [-0.2, 0) is 0 Å². The Labute approximate surface area is 157 Å². The highest BCUT2D eigenvalue weighted by molar-refractivity contribution is 5.97. The highest BCUT2D eigenvalue weighted by Crippen LogP contribution is 2.33. The van der Waals surface area contributed by atoms with Gasteiger partial charge in [-0.15, -0.1) is 0 Å². The van der Waals surface area contributed by atoms with Crippen LogP contribution >= 0.6 is 0 Å². The zero-order valence-electron chi connectivity index (χ0n) is 15.5. The van der Waals surface area contributed by atoms with E-state index in [0.29, 0.717) is 18.8 Å². The number of imidazole rings is 1. The molecule has 4 rings (SSSR count). The largest absolute Gasteiger partial charge is 0.486 e. The maximum atomic E-state index is 12.8. The second kappa shape index (κ2) is 7.31. The van der Waals surface area contributed by atoms with Crippen LogP contribution in [0.5, 0.6) is 11.5 Å². The number of hydrogen-bond donors (Lipinski definition) is 2.